The second-order valence-corrected chi connectivity index (χ2v) is 3.87. The van der Waals surface area contributed by atoms with Crippen molar-refractivity contribution in [2.45, 2.75) is 20.3 Å². The molecule has 0 spiro atoms. The van der Waals surface area contributed by atoms with Gasteiger partial charge in [0, 0.05) is 16.6 Å². The summed E-state index contributed by atoms with van der Waals surface area (Å²) in [4.78, 5) is 3.38. The number of pyridine rings is 1. The molecule has 2 aromatic rings. The lowest BCUT2D eigenvalue weighted by atomic mass is 10.1. The maximum atomic E-state index is 5.46. The number of rotatable bonds is 1. The number of para-hydroxylation sites is 1. The van der Waals surface area contributed by atoms with Gasteiger partial charge in [-0.2, -0.15) is 0 Å². The van der Waals surface area contributed by atoms with Crippen LogP contribution in [0.4, 0.5) is 0 Å². The molecule has 0 aliphatic rings. The molecular formula is C12H13NS. The van der Waals surface area contributed by atoms with Gasteiger partial charge in [0.25, 0.3) is 0 Å². The summed E-state index contributed by atoms with van der Waals surface area (Å²) in [7, 11) is 0. The van der Waals surface area contributed by atoms with E-state index in [4.69, 9.17) is 12.2 Å². The highest BCUT2D eigenvalue weighted by atomic mass is 32.1. The van der Waals surface area contributed by atoms with E-state index in [-0.39, 0.29) is 0 Å². The van der Waals surface area contributed by atoms with E-state index in [9.17, 15) is 0 Å². The minimum atomic E-state index is 0.992. The fourth-order valence-electron chi connectivity index (χ4n) is 1.83. The number of aromatic nitrogens is 1. The van der Waals surface area contributed by atoms with Crippen LogP contribution in [-0.2, 0) is 6.42 Å². The van der Waals surface area contributed by atoms with E-state index in [0.717, 1.165) is 21.8 Å². The summed E-state index contributed by atoms with van der Waals surface area (Å²) in [5.74, 6) is 0. The Morgan fingerprint density at radius 3 is 2.71 bits per heavy atom. The quantitative estimate of drug-likeness (QED) is 0.698. The Labute approximate surface area is 88.8 Å². The van der Waals surface area contributed by atoms with Crippen LogP contribution in [0, 0.1) is 11.4 Å². The van der Waals surface area contributed by atoms with E-state index < -0.39 is 0 Å². The van der Waals surface area contributed by atoms with Gasteiger partial charge in [0.2, 0.25) is 0 Å². The van der Waals surface area contributed by atoms with Crippen molar-refractivity contribution in [1.82, 2.24) is 4.98 Å². The number of H-pyrrole nitrogens is 1. The van der Waals surface area contributed by atoms with Crippen molar-refractivity contribution in [1.29, 1.82) is 0 Å². The molecule has 72 valence electrons. The van der Waals surface area contributed by atoms with Crippen LogP contribution in [0.1, 0.15) is 18.2 Å². The van der Waals surface area contributed by atoms with Gasteiger partial charge in [-0.1, -0.05) is 37.3 Å². The minimum Gasteiger partial charge on any atom is -0.358 e. The lowest BCUT2D eigenvalue weighted by molar-refractivity contribution is 1.06. The number of aryl methyl sites for hydroxylation is 1. The molecule has 0 amide bonds. The van der Waals surface area contributed by atoms with Crippen molar-refractivity contribution in [3.05, 3.63) is 40.0 Å². The molecule has 0 atom stereocenters. The first-order valence-corrected chi connectivity index (χ1v) is 5.25. The molecule has 0 fully saturated rings. The molecule has 0 bridgehead atoms. The lowest BCUT2D eigenvalue weighted by Gasteiger charge is -2.07. The Bertz CT molecular complexity index is 525. The van der Waals surface area contributed by atoms with Crippen LogP contribution in [0.25, 0.3) is 10.9 Å². The van der Waals surface area contributed by atoms with Crippen LogP contribution < -0.4 is 0 Å². The molecule has 0 aliphatic heterocycles. The fraction of sp³-hybridized carbons (Fsp3) is 0.250. The Morgan fingerprint density at radius 2 is 2.00 bits per heavy atom. The van der Waals surface area contributed by atoms with Crippen LogP contribution in [0.3, 0.4) is 0 Å². The number of hydrogen-bond acceptors (Lipinski definition) is 1. The predicted octanol–water partition coefficient (Wildman–Crippen LogP) is 3.77. The molecule has 0 saturated carbocycles. The average Bonchev–Trinajstić information content (AvgIpc) is 2.18. The summed E-state index contributed by atoms with van der Waals surface area (Å²) in [6, 6.07) is 8.20. The summed E-state index contributed by atoms with van der Waals surface area (Å²) < 4.78 is 0.999. The van der Waals surface area contributed by atoms with Gasteiger partial charge in [-0.05, 0) is 25.0 Å². The standard InChI is InChI=1S/C12H13NS/c1-3-9-8(2)13-11-7-5-4-6-10(11)12(9)14/h4-7H,3H2,1-2H3,(H,13,14). The summed E-state index contributed by atoms with van der Waals surface area (Å²) in [6.45, 7) is 4.22. The Hall–Kier alpha value is -1.15. The zero-order valence-corrected chi connectivity index (χ0v) is 9.24. The molecule has 1 aromatic heterocycles. The van der Waals surface area contributed by atoms with Crippen molar-refractivity contribution >= 4 is 23.1 Å². The Morgan fingerprint density at radius 1 is 1.29 bits per heavy atom. The first-order valence-electron chi connectivity index (χ1n) is 4.84. The first kappa shape index (κ1) is 9.41. The zero-order valence-electron chi connectivity index (χ0n) is 8.42. The Kier molecular flexibility index (Phi) is 2.38. The molecule has 0 aliphatic carbocycles. The van der Waals surface area contributed by atoms with E-state index in [1.807, 2.05) is 12.1 Å². The molecule has 0 saturated heterocycles. The van der Waals surface area contributed by atoms with Gasteiger partial charge in [0.05, 0.1) is 4.51 Å². The molecule has 1 nitrogen and oxygen atoms in total. The summed E-state index contributed by atoms with van der Waals surface area (Å²) in [5.41, 5.74) is 3.59. The normalized spacial score (nSPS) is 10.7. The van der Waals surface area contributed by atoms with Gasteiger partial charge in [0.15, 0.2) is 0 Å². The lowest BCUT2D eigenvalue weighted by Crippen LogP contribution is -1.93. The fourth-order valence-corrected chi connectivity index (χ4v) is 2.30. The second-order valence-electron chi connectivity index (χ2n) is 3.46. The highest BCUT2D eigenvalue weighted by molar-refractivity contribution is 7.71. The third-order valence-corrected chi connectivity index (χ3v) is 3.04. The summed E-state index contributed by atoms with van der Waals surface area (Å²) >= 11 is 5.46. The van der Waals surface area contributed by atoms with Gasteiger partial charge in [0.1, 0.15) is 0 Å². The number of benzene rings is 1. The maximum Gasteiger partial charge on any atom is 0.0519 e. The molecule has 0 unspecified atom stereocenters. The van der Waals surface area contributed by atoms with E-state index in [1.165, 1.54) is 11.3 Å². The molecular weight excluding hydrogens is 190 g/mol. The van der Waals surface area contributed by atoms with Crippen molar-refractivity contribution in [2.24, 2.45) is 0 Å². The van der Waals surface area contributed by atoms with Gasteiger partial charge in [-0.25, -0.2) is 0 Å². The summed E-state index contributed by atoms with van der Waals surface area (Å²) in [5, 5.41) is 1.16. The number of aromatic amines is 1. The molecule has 1 aromatic carbocycles. The highest BCUT2D eigenvalue weighted by Crippen LogP contribution is 2.19. The van der Waals surface area contributed by atoms with Gasteiger partial charge in [-0.3, -0.25) is 0 Å². The van der Waals surface area contributed by atoms with E-state index >= 15 is 0 Å². The third-order valence-electron chi connectivity index (χ3n) is 2.57. The maximum absolute atomic E-state index is 5.46. The van der Waals surface area contributed by atoms with Crippen LogP contribution >= 0.6 is 12.2 Å². The predicted molar refractivity (Wildman–Crippen MR) is 63.2 cm³/mol. The van der Waals surface area contributed by atoms with Gasteiger partial charge < -0.3 is 4.98 Å². The van der Waals surface area contributed by atoms with E-state index in [1.54, 1.807) is 0 Å². The third kappa shape index (κ3) is 1.36. The summed E-state index contributed by atoms with van der Waals surface area (Å²) in [6.07, 6.45) is 0.992. The first-order chi connectivity index (χ1) is 6.74. The van der Waals surface area contributed by atoms with Gasteiger partial charge in [-0.15, -0.1) is 0 Å². The van der Waals surface area contributed by atoms with Crippen molar-refractivity contribution in [3.8, 4) is 0 Å². The molecule has 1 N–H and O–H groups in total. The molecule has 2 heteroatoms. The Balaban J connectivity index is 2.93. The van der Waals surface area contributed by atoms with Crippen LogP contribution in [0.2, 0.25) is 0 Å². The molecule has 0 radical (unpaired) electrons. The highest BCUT2D eigenvalue weighted by Gasteiger charge is 2.02. The number of hydrogen-bond donors (Lipinski definition) is 1. The van der Waals surface area contributed by atoms with Crippen LogP contribution in [0.5, 0.6) is 0 Å². The monoisotopic (exact) mass is 203 g/mol. The van der Waals surface area contributed by atoms with Crippen molar-refractivity contribution in [2.75, 3.05) is 0 Å². The minimum absolute atomic E-state index is 0.992. The number of nitrogens with one attached hydrogen (secondary N) is 1. The van der Waals surface area contributed by atoms with Crippen LogP contribution in [-0.4, -0.2) is 4.98 Å². The molecule has 1 heterocycles. The average molecular weight is 203 g/mol. The second kappa shape index (κ2) is 3.54. The molecule has 2 rings (SSSR count). The van der Waals surface area contributed by atoms with Gasteiger partial charge >= 0.3 is 0 Å². The zero-order chi connectivity index (χ0) is 10.1. The van der Waals surface area contributed by atoms with E-state index in [2.05, 4.69) is 31.0 Å². The van der Waals surface area contributed by atoms with E-state index in [0.29, 0.717) is 0 Å². The SMILES string of the molecule is CCc1c(C)[nH]c2ccccc2c1=S. The van der Waals surface area contributed by atoms with Crippen molar-refractivity contribution < 1.29 is 0 Å². The number of fused-ring (bicyclic) bond motifs is 1. The topological polar surface area (TPSA) is 15.8 Å². The smallest absolute Gasteiger partial charge is 0.0519 e. The molecule has 14 heavy (non-hydrogen) atoms. The van der Waals surface area contributed by atoms with Crippen molar-refractivity contribution in [3.63, 3.8) is 0 Å². The largest absolute Gasteiger partial charge is 0.358 e. The van der Waals surface area contributed by atoms with Crippen LogP contribution in [0.15, 0.2) is 24.3 Å².